The number of rotatable bonds is 10. The first-order chi connectivity index (χ1) is 18.1. The van der Waals surface area contributed by atoms with Crippen LogP contribution < -0.4 is 10.6 Å². The smallest absolute Gasteiger partial charge is 0.408 e. The van der Waals surface area contributed by atoms with Crippen LogP contribution in [0.3, 0.4) is 0 Å². The van der Waals surface area contributed by atoms with Crippen LogP contribution in [-0.4, -0.2) is 41.9 Å². The summed E-state index contributed by atoms with van der Waals surface area (Å²) < 4.78 is 10.4. The number of amides is 2. The standard InChI is InChI=1S/C24H36N2O6.C7H8/c1-16(2)13-18(26-19(27)14-25-22(30)32-23(3,4)5)20(28)24(6,7)21(29)31-15-17-11-9-8-10-12-17;1-7-5-3-2-4-6-7/h8-12,16,18H,13-15H2,1-7H3,(H,25,30)(H,26,27);2-6H,1H3/t18-;/m0./s1. The second-order valence-corrected chi connectivity index (χ2v) is 11.3. The number of carbonyl (C=O) groups is 4. The van der Waals surface area contributed by atoms with E-state index in [1.807, 2.05) is 62.4 Å². The molecule has 1 atom stereocenters. The highest BCUT2D eigenvalue weighted by Gasteiger charge is 2.42. The summed E-state index contributed by atoms with van der Waals surface area (Å²) in [6.45, 7) is 13.7. The number of hydrogen-bond donors (Lipinski definition) is 2. The number of nitrogens with one attached hydrogen (secondary N) is 2. The van der Waals surface area contributed by atoms with Crippen molar-refractivity contribution in [2.24, 2.45) is 11.3 Å². The van der Waals surface area contributed by atoms with Crippen LogP contribution in [0.5, 0.6) is 0 Å². The van der Waals surface area contributed by atoms with Crippen LogP contribution in [0.2, 0.25) is 0 Å². The Balaban J connectivity index is 0.000000934. The second kappa shape index (κ2) is 15.7. The average Bonchev–Trinajstić information content (AvgIpc) is 2.85. The van der Waals surface area contributed by atoms with E-state index >= 15 is 0 Å². The molecule has 0 aromatic heterocycles. The molecule has 2 aromatic rings. The van der Waals surface area contributed by atoms with Gasteiger partial charge in [0.25, 0.3) is 0 Å². The Morgan fingerprint density at radius 3 is 1.85 bits per heavy atom. The van der Waals surface area contributed by atoms with E-state index in [0.717, 1.165) is 5.56 Å². The SMILES string of the molecule is CC(C)C[C@H](NC(=O)CNC(=O)OC(C)(C)C)C(=O)C(C)(C)C(=O)OCc1ccccc1.Cc1ccccc1. The summed E-state index contributed by atoms with van der Waals surface area (Å²) in [5.74, 6) is -1.58. The lowest BCUT2D eigenvalue weighted by atomic mass is 9.81. The Hall–Kier alpha value is -3.68. The lowest BCUT2D eigenvalue weighted by molar-refractivity contribution is -0.160. The van der Waals surface area contributed by atoms with Crippen molar-refractivity contribution < 1.29 is 28.7 Å². The van der Waals surface area contributed by atoms with Gasteiger partial charge in [0.2, 0.25) is 5.91 Å². The van der Waals surface area contributed by atoms with Crippen molar-refractivity contribution in [3.8, 4) is 0 Å². The van der Waals surface area contributed by atoms with Crippen molar-refractivity contribution >= 4 is 23.8 Å². The maximum atomic E-state index is 13.2. The third-order valence-corrected chi connectivity index (χ3v) is 5.43. The monoisotopic (exact) mass is 540 g/mol. The average molecular weight is 541 g/mol. The molecule has 0 aliphatic heterocycles. The summed E-state index contributed by atoms with van der Waals surface area (Å²) in [7, 11) is 0. The summed E-state index contributed by atoms with van der Waals surface area (Å²) in [5, 5.41) is 5.00. The molecule has 8 heteroatoms. The molecule has 0 heterocycles. The largest absolute Gasteiger partial charge is 0.460 e. The van der Waals surface area contributed by atoms with E-state index in [0.29, 0.717) is 6.42 Å². The predicted molar refractivity (Wildman–Crippen MR) is 152 cm³/mol. The number of ether oxygens (including phenoxy) is 2. The van der Waals surface area contributed by atoms with Gasteiger partial charge >= 0.3 is 12.1 Å². The van der Waals surface area contributed by atoms with Gasteiger partial charge in [0.05, 0.1) is 6.04 Å². The van der Waals surface area contributed by atoms with Crippen LogP contribution in [0, 0.1) is 18.3 Å². The molecule has 0 radical (unpaired) electrons. The van der Waals surface area contributed by atoms with E-state index in [9.17, 15) is 19.2 Å². The Morgan fingerprint density at radius 2 is 1.38 bits per heavy atom. The highest BCUT2D eigenvalue weighted by molar-refractivity contribution is 6.06. The number of benzene rings is 2. The van der Waals surface area contributed by atoms with Gasteiger partial charge < -0.3 is 20.1 Å². The van der Waals surface area contributed by atoms with Gasteiger partial charge in [-0.1, -0.05) is 80.1 Å². The Morgan fingerprint density at radius 1 is 0.846 bits per heavy atom. The van der Waals surface area contributed by atoms with Crippen molar-refractivity contribution in [2.45, 2.75) is 80.1 Å². The first-order valence-electron chi connectivity index (χ1n) is 13.1. The highest BCUT2D eigenvalue weighted by Crippen LogP contribution is 2.24. The van der Waals surface area contributed by atoms with Crippen molar-refractivity contribution in [3.05, 3.63) is 71.8 Å². The highest BCUT2D eigenvalue weighted by atomic mass is 16.6. The summed E-state index contributed by atoms with van der Waals surface area (Å²) in [4.78, 5) is 50.0. The molecular weight excluding hydrogens is 496 g/mol. The minimum absolute atomic E-state index is 0.0530. The fraction of sp³-hybridized carbons (Fsp3) is 0.484. The number of carbonyl (C=O) groups excluding carboxylic acids is 4. The number of Topliss-reactive ketones (excluding diaryl/α,β-unsaturated/α-hetero) is 1. The van der Waals surface area contributed by atoms with E-state index in [-0.39, 0.29) is 19.1 Å². The normalized spacial score (nSPS) is 11.9. The quantitative estimate of drug-likeness (QED) is 0.309. The second-order valence-electron chi connectivity index (χ2n) is 11.3. The first kappa shape index (κ1) is 33.3. The molecule has 2 amide bonds. The molecule has 2 aromatic carbocycles. The predicted octanol–water partition coefficient (Wildman–Crippen LogP) is 5.38. The summed E-state index contributed by atoms with van der Waals surface area (Å²) in [5.41, 5.74) is -0.0204. The molecule has 0 bridgehead atoms. The number of esters is 1. The minimum Gasteiger partial charge on any atom is -0.460 e. The minimum atomic E-state index is -1.46. The number of ketones is 1. The van der Waals surface area contributed by atoms with Crippen LogP contribution in [0.4, 0.5) is 4.79 Å². The zero-order valence-corrected chi connectivity index (χ0v) is 24.5. The maximum absolute atomic E-state index is 13.2. The zero-order chi connectivity index (χ0) is 29.6. The fourth-order valence-electron chi connectivity index (χ4n) is 3.39. The molecule has 0 saturated carbocycles. The van der Waals surface area contributed by atoms with Crippen molar-refractivity contribution in [3.63, 3.8) is 0 Å². The molecule has 0 saturated heterocycles. The molecule has 2 rings (SSSR count). The van der Waals surface area contributed by atoms with Crippen LogP contribution >= 0.6 is 0 Å². The van der Waals surface area contributed by atoms with Crippen LogP contribution in [0.25, 0.3) is 0 Å². The fourth-order valence-corrected chi connectivity index (χ4v) is 3.39. The van der Waals surface area contributed by atoms with Crippen LogP contribution in [-0.2, 0) is 30.5 Å². The molecule has 0 unspecified atom stereocenters. The molecule has 39 heavy (non-hydrogen) atoms. The van der Waals surface area contributed by atoms with Crippen molar-refractivity contribution in [1.29, 1.82) is 0 Å². The van der Waals surface area contributed by atoms with E-state index in [1.54, 1.807) is 20.8 Å². The van der Waals surface area contributed by atoms with E-state index in [4.69, 9.17) is 9.47 Å². The molecule has 214 valence electrons. The lowest BCUT2D eigenvalue weighted by Gasteiger charge is -2.28. The van der Waals surface area contributed by atoms with Gasteiger partial charge in [-0.25, -0.2) is 4.79 Å². The molecular formula is C31H44N2O6. The first-order valence-corrected chi connectivity index (χ1v) is 13.1. The Labute approximate surface area is 232 Å². The van der Waals surface area contributed by atoms with E-state index < -0.39 is 40.8 Å². The summed E-state index contributed by atoms with van der Waals surface area (Å²) >= 11 is 0. The van der Waals surface area contributed by atoms with Gasteiger partial charge in [-0.05, 0) is 59.4 Å². The van der Waals surface area contributed by atoms with Crippen molar-refractivity contribution in [2.75, 3.05) is 6.54 Å². The molecule has 0 fully saturated rings. The molecule has 0 aliphatic carbocycles. The third kappa shape index (κ3) is 13.6. The molecule has 2 N–H and O–H groups in total. The van der Waals surface area contributed by atoms with Gasteiger partial charge in [-0.15, -0.1) is 0 Å². The van der Waals surface area contributed by atoms with Gasteiger partial charge in [-0.3, -0.25) is 14.4 Å². The topological polar surface area (TPSA) is 111 Å². The van der Waals surface area contributed by atoms with Crippen LogP contribution in [0.15, 0.2) is 60.7 Å². The van der Waals surface area contributed by atoms with Crippen LogP contribution in [0.1, 0.15) is 66.0 Å². The Bertz CT molecular complexity index is 1060. The van der Waals surface area contributed by atoms with E-state index in [2.05, 4.69) is 29.7 Å². The number of aryl methyl sites for hydroxylation is 1. The Kier molecular flexibility index (Phi) is 13.4. The number of hydrogen-bond acceptors (Lipinski definition) is 6. The van der Waals surface area contributed by atoms with Gasteiger partial charge in [0.1, 0.15) is 24.2 Å². The van der Waals surface area contributed by atoms with Gasteiger partial charge in [0.15, 0.2) is 5.78 Å². The maximum Gasteiger partial charge on any atom is 0.408 e. The lowest BCUT2D eigenvalue weighted by Crippen LogP contribution is -2.52. The molecule has 8 nitrogen and oxygen atoms in total. The number of alkyl carbamates (subject to hydrolysis) is 1. The molecule has 0 spiro atoms. The third-order valence-electron chi connectivity index (χ3n) is 5.43. The van der Waals surface area contributed by atoms with Gasteiger partial charge in [0, 0.05) is 0 Å². The van der Waals surface area contributed by atoms with E-state index in [1.165, 1.54) is 19.4 Å². The molecule has 0 aliphatic rings. The summed E-state index contributed by atoms with van der Waals surface area (Å²) in [6.07, 6.45) is -0.393. The summed E-state index contributed by atoms with van der Waals surface area (Å²) in [6, 6.07) is 18.5. The van der Waals surface area contributed by atoms with Gasteiger partial charge in [-0.2, -0.15) is 0 Å². The zero-order valence-electron chi connectivity index (χ0n) is 24.5. The van der Waals surface area contributed by atoms with Crippen molar-refractivity contribution in [1.82, 2.24) is 10.6 Å².